The minimum absolute atomic E-state index is 0.00162. The van der Waals surface area contributed by atoms with E-state index in [0.717, 1.165) is 6.07 Å². The molecule has 1 aromatic carbocycles. The minimum Gasteiger partial charge on any atom is -0.477 e. The summed E-state index contributed by atoms with van der Waals surface area (Å²) >= 11 is 0. The van der Waals surface area contributed by atoms with Crippen LogP contribution in [0.1, 0.15) is 26.5 Å². The van der Waals surface area contributed by atoms with Gasteiger partial charge >= 0.3 is 5.97 Å². The summed E-state index contributed by atoms with van der Waals surface area (Å²) in [5.41, 5.74) is 0.0927. The molecule has 0 saturated heterocycles. The molecule has 0 spiro atoms. The molecule has 0 bridgehead atoms. The van der Waals surface area contributed by atoms with Gasteiger partial charge in [0.1, 0.15) is 22.7 Å². The van der Waals surface area contributed by atoms with E-state index in [1.807, 2.05) is 0 Å². The summed E-state index contributed by atoms with van der Waals surface area (Å²) in [6, 6.07) is 5.72. The quantitative estimate of drug-likeness (QED) is 0.582. The second-order valence-corrected chi connectivity index (χ2v) is 5.49. The average molecular weight is 354 g/mol. The summed E-state index contributed by atoms with van der Waals surface area (Å²) in [5, 5.41) is 16.3. The maximum absolute atomic E-state index is 13.7. The van der Waals surface area contributed by atoms with Gasteiger partial charge in [0.15, 0.2) is 11.2 Å². The van der Waals surface area contributed by atoms with Gasteiger partial charge in [-0.2, -0.15) is 5.10 Å². The van der Waals surface area contributed by atoms with Crippen molar-refractivity contribution >= 4 is 28.5 Å². The van der Waals surface area contributed by atoms with Crippen molar-refractivity contribution in [3.05, 3.63) is 65.6 Å². The number of halogens is 1. The Hall–Kier alpha value is -3.75. The lowest BCUT2D eigenvalue weighted by atomic mass is 10.1. The maximum atomic E-state index is 13.7. The van der Waals surface area contributed by atoms with Crippen LogP contribution in [0.5, 0.6) is 0 Å². The van der Waals surface area contributed by atoms with Crippen molar-refractivity contribution in [1.82, 2.24) is 19.9 Å². The molecular formula is C17H11FN4O4. The topological polar surface area (TPSA) is 110 Å². The highest BCUT2D eigenvalue weighted by molar-refractivity contribution is 6.01. The van der Waals surface area contributed by atoms with Gasteiger partial charge in [0.2, 0.25) is 0 Å². The van der Waals surface area contributed by atoms with E-state index in [4.69, 9.17) is 9.52 Å². The second-order valence-electron chi connectivity index (χ2n) is 5.49. The maximum Gasteiger partial charge on any atom is 0.342 e. The molecule has 4 aromatic rings. The molecule has 3 aromatic heterocycles. The van der Waals surface area contributed by atoms with Crippen LogP contribution in [0, 0.1) is 5.82 Å². The molecule has 3 heterocycles. The van der Waals surface area contributed by atoms with Crippen LogP contribution in [0.2, 0.25) is 0 Å². The molecule has 0 radical (unpaired) electrons. The average Bonchev–Trinajstić information content (AvgIpc) is 3.23. The number of carboxylic acids is 1. The van der Waals surface area contributed by atoms with Crippen molar-refractivity contribution in [2.45, 2.75) is 6.54 Å². The number of furan rings is 1. The molecule has 130 valence electrons. The third kappa shape index (κ3) is 2.55. The fourth-order valence-corrected chi connectivity index (χ4v) is 2.67. The first-order chi connectivity index (χ1) is 12.5. The molecule has 8 nitrogen and oxygen atoms in total. The number of carbonyl (C=O) groups excluding carboxylic acids is 1. The molecule has 0 aliphatic heterocycles. The third-order valence-corrected chi connectivity index (χ3v) is 3.85. The molecule has 0 atom stereocenters. The smallest absolute Gasteiger partial charge is 0.342 e. The summed E-state index contributed by atoms with van der Waals surface area (Å²) in [4.78, 5) is 27.6. The van der Waals surface area contributed by atoms with E-state index in [0.29, 0.717) is 22.4 Å². The lowest BCUT2D eigenvalue weighted by molar-refractivity contribution is 0.0692. The van der Waals surface area contributed by atoms with Gasteiger partial charge in [-0.05, 0) is 24.3 Å². The fourth-order valence-electron chi connectivity index (χ4n) is 2.67. The number of rotatable bonds is 4. The number of hydrogen-bond donors (Lipinski definition) is 2. The Morgan fingerprint density at radius 2 is 2.19 bits per heavy atom. The van der Waals surface area contributed by atoms with Gasteiger partial charge < -0.3 is 14.8 Å². The zero-order chi connectivity index (χ0) is 18.3. The predicted molar refractivity (Wildman–Crippen MR) is 87.3 cm³/mol. The zero-order valence-electron chi connectivity index (χ0n) is 13.1. The number of benzene rings is 1. The summed E-state index contributed by atoms with van der Waals surface area (Å²) in [6.45, 7) is -0.00162. The van der Waals surface area contributed by atoms with Gasteiger partial charge in [0.25, 0.3) is 5.91 Å². The number of nitrogens with one attached hydrogen (secondary N) is 1. The van der Waals surface area contributed by atoms with Gasteiger partial charge in [0.05, 0.1) is 12.7 Å². The Morgan fingerprint density at radius 1 is 1.35 bits per heavy atom. The van der Waals surface area contributed by atoms with Crippen molar-refractivity contribution in [3.8, 4) is 0 Å². The van der Waals surface area contributed by atoms with E-state index in [1.54, 1.807) is 24.5 Å². The van der Waals surface area contributed by atoms with Crippen LogP contribution in [0.25, 0.3) is 16.6 Å². The van der Waals surface area contributed by atoms with Crippen molar-refractivity contribution < 1.29 is 23.5 Å². The highest BCUT2D eigenvalue weighted by Gasteiger charge is 2.19. The monoisotopic (exact) mass is 354 g/mol. The van der Waals surface area contributed by atoms with E-state index in [1.165, 1.54) is 16.8 Å². The molecular weight excluding hydrogens is 343 g/mol. The number of aromatic nitrogens is 3. The van der Waals surface area contributed by atoms with Crippen LogP contribution in [0.3, 0.4) is 0 Å². The molecule has 9 heteroatoms. The SMILES string of the molecule is O=C(O)c1c(F)ccc2cc(CNC(=O)c3cnn4cccnc34)oc12. The molecule has 4 rings (SSSR count). The molecule has 1 amide bonds. The second kappa shape index (κ2) is 5.96. The van der Waals surface area contributed by atoms with Crippen LogP contribution in [0.15, 0.2) is 47.3 Å². The van der Waals surface area contributed by atoms with Gasteiger partial charge in [-0.25, -0.2) is 18.7 Å². The Bertz CT molecular complexity index is 1160. The molecule has 0 aliphatic rings. The first kappa shape index (κ1) is 15.8. The Labute approximate surface area is 144 Å². The third-order valence-electron chi connectivity index (χ3n) is 3.85. The van der Waals surface area contributed by atoms with Crippen LogP contribution in [-0.4, -0.2) is 31.6 Å². The standard InChI is InChI=1S/C17H11FN4O4/c18-12-3-2-9-6-10(26-14(9)13(12)17(24)25)7-20-16(23)11-8-21-22-5-1-4-19-15(11)22/h1-6,8H,7H2,(H,20,23)(H,24,25). The molecule has 0 unspecified atom stereocenters. The number of carbonyl (C=O) groups is 2. The van der Waals surface area contributed by atoms with Crippen LogP contribution >= 0.6 is 0 Å². The molecule has 26 heavy (non-hydrogen) atoms. The van der Waals surface area contributed by atoms with E-state index >= 15 is 0 Å². The highest BCUT2D eigenvalue weighted by atomic mass is 19.1. The van der Waals surface area contributed by atoms with E-state index in [-0.39, 0.29) is 12.1 Å². The number of fused-ring (bicyclic) bond motifs is 2. The predicted octanol–water partition coefficient (Wildman–Crippen LogP) is 2.24. The molecule has 2 N–H and O–H groups in total. The van der Waals surface area contributed by atoms with Crippen molar-refractivity contribution in [2.24, 2.45) is 0 Å². The van der Waals surface area contributed by atoms with Crippen LogP contribution in [0.4, 0.5) is 4.39 Å². The number of aromatic carboxylic acids is 1. The first-order valence-corrected chi connectivity index (χ1v) is 7.55. The van der Waals surface area contributed by atoms with E-state index in [9.17, 15) is 14.0 Å². The lowest BCUT2D eigenvalue weighted by Crippen LogP contribution is -2.22. The minimum atomic E-state index is -1.42. The summed E-state index contributed by atoms with van der Waals surface area (Å²) < 4.78 is 20.6. The molecule has 0 aliphatic carbocycles. The van der Waals surface area contributed by atoms with Gasteiger partial charge in [-0.15, -0.1) is 0 Å². The fraction of sp³-hybridized carbons (Fsp3) is 0.0588. The number of nitrogens with zero attached hydrogens (tertiary/aromatic N) is 3. The summed E-state index contributed by atoms with van der Waals surface area (Å²) in [7, 11) is 0. The van der Waals surface area contributed by atoms with Gasteiger partial charge in [-0.3, -0.25) is 4.79 Å². The summed E-state index contributed by atoms with van der Waals surface area (Å²) in [5.74, 6) is -2.42. The first-order valence-electron chi connectivity index (χ1n) is 7.55. The number of carboxylic acid groups (broad SMARTS) is 1. The normalized spacial score (nSPS) is 11.1. The Kier molecular flexibility index (Phi) is 3.61. The number of hydrogen-bond acceptors (Lipinski definition) is 5. The van der Waals surface area contributed by atoms with E-state index in [2.05, 4.69) is 15.4 Å². The zero-order valence-corrected chi connectivity index (χ0v) is 13.1. The van der Waals surface area contributed by atoms with Crippen molar-refractivity contribution in [2.75, 3.05) is 0 Å². The lowest BCUT2D eigenvalue weighted by Gasteiger charge is -2.01. The van der Waals surface area contributed by atoms with Crippen molar-refractivity contribution in [1.29, 1.82) is 0 Å². The van der Waals surface area contributed by atoms with Crippen LogP contribution in [-0.2, 0) is 6.54 Å². The molecule has 0 saturated carbocycles. The van der Waals surface area contributed by atoms with Crippen molar-refractivity contribution in [3.63, 3.8) is 0 Å². The van der Waals surface area contributed by atoms with E-state index < -0.39 is 23.3 Å². The summed E-state index contributed by atoms with van der Waals surface area (Å²) in [6.07, 6.45) is 4.61. The van der Waals surface area contributed by atoms with Gasteiger partial charge in [0, 0.05) is 17.8 Å². The number of amides is 1. The Morgan fingerprint density at radius 3 is 3.00 bits per heavy atom. The highest BCUT2D eigenvalue weighted by Crippen LogP contribution is 2.25. The molecule has 0 fully saturated rings. The van der Waals surface area contributed by atoms with Gasteiger partial charge in [-0.1, -0.05) is 0 Å². The van der Waals surface area contributed by atoms with Crippen LogP contribution < -0.4 is 5.32 Å². The largest absolute Gasteiger partial charge is 0.477 e. The Balaban J connectivity index is 1.59.